The largest absolute Gasteiger partial charge is 0.358 e. The highest BCUT2D eigenvalue weighted by atomic mass is 35.5. The Morgan fingerprint density at radius 3 is 2.30 bits per heavy atom. The van der Waals surface area contributed by atoms with Gasteiger partial charge in [0, 0.05) is 28.4 Å². The Hall–Kier alpha value is -2.69. The number of thiocarbonyl (C=S) groups is 1. The molecule has 0 radical (unpaired) electrons. The molecule has 0 fully saturated rings. The molecule has 3 nitrogen and oxygen atoms in total. The van der Waals surface area contributed by atoms with Crippen LogP contribution in [0.1, 0.15) is 47.8 Å². The van der Waals surface area contributed by atoms with Crippen molar-refractivity contribution >= 4 is 40.4 Å². The molecule has 0 amide bonds. The van der Waals surface area contributed by atoms with Crippen molar-refractivity contribution in [2.24, 2.45) is 0 Å². The van der Waals surface area contributed by atoms with E-state index in [1.54, 1.807) is 0 Å². The molecule has 0 aliphatic heterocycles. The Kier molecular flexibility index (Phi) is 6.91. The first-order chi connectivity index (χ1) is 14.2. The number of benzene rings is 3. The van der Waals surface area contributed by atoms with Crippen molar-refractivity contribution in [2.75, 3.05) is 5.32 Å². The molecule has 0 saturated heterocycles. The molecule has 0 unspecified atom stereocenters. The van der Waals surface area contributed by atoms with Crippen LogP contribution in [0.25, 0.3) is 0 Å². The molecule has 0 bridgehead atoms. The van der Waals surface area contributed by atoms with Gasteiger partial charge < -0.3 is 10.6 Å². The van der Waals surface area contributed by atoms with Crippen LogP contribution in [0.5, 0.6) is 0 Å². The van der Waals surface area contributed by atoms with Crippen molar-refractivity contribution in [3.63, 3.8) is 0 Å². The van der Waals surface area contributed by atoms with Crippen LogP contribution in [0.15, 0.2) is 72.8 Å². The fraction of sp³-hybridized carbons (Fsp3) is 0.200. The Labute approximate surface area is 188 Å². The molecular weight excluding hydrogens is 412 g/mol. The smallest absolute Gasteiger partial charge is 0.193 e. The molecule has 0 atom stereocenters. The molecule has 3 rings (SSSR count). The Morgan fingerprint density at radius 2 is 1.63 bits per heavy atom. The van der Waals surface area contributed by atoms with Crippen molar-refractivity contribution in [2.45, 2.75) is 32.7 Å². The third-order valence-electron chi connectivity index (χ3n) is 4.79. The van der Waals surface area contributed by atoms with Gasteiger partial charge in [0.15, 0.2) is 10.9 Å². The quantitative estimate of drug-likeness (QED) is 0.361. The van der Waals surface area contributed by atoms with E-state index < -0.39 is 0 Å². The van der Waals surface area contributed by atoms with Gasteiger partial charge in [0.05, 0.1) is 0 Å². The van der Waals surface area contributed by atoms with E-state index in [1.807, 2.05) is 72.8 Å². The fourth-order valence-electron chi connectivity index (χ4n) is 3.02. The van der Waals surface area contributed by atoms with Crippen LogP contribution in [-0.4, -0.2) is 10.9 Å². The normalized spacial score (nSPS) is 11.1. The maximum Gasteiger partial charge on any atom is 0.193 e. The van der Waals surface area contributed by atoms with E-state index in [4.69, 9.17) is 23.8 Å². The van der Waals surface area contributed by atoms with E-state index in [-0.39, 0.29) is 11.2 Å². The standard InChI is InChI=1S/C25H25ClN2OS/c1-25(2,3)20-13-11-17(12-14-20)23(29)18-8-6-9-21(15-18)28-24(30)27-16-19-7-4-5-10-22(19)26/h4-15H,16H2,1-3H3,(H2,27,28,30). The minimum absolute atomic E-state index is 0.0194. The molecule has 0 spiro atoms. The molecule has 30 heavy (non-hydrogen) atoms. The van der Waals surface area contributed by atoms with Crippen LogP contribution < -0.4 is 10.6 Å². The van der Waals surface area contributed by atoms with Gasteiger partial charge in [0.1, 0.15) is 0 Å². The lowest BCUT2D eigenvalue weighted by atomic mass is 9.86. The van der Waals surface area contributed by atoms with E-state index in [0.717, 1.165) is 11.3 Å². The second-order valence-electron chi connectivity index (χ2n) is 8.14. The van der Waals surface area contributed by atoms with E-state index in [2.05, 4.69) is 31.4 Å². The number of nitrogens with one attached hydrogen (secondary N) is 2. The minimum Gasteiger partial charge on any atom is -0.358 e. The van der Waals surface area contributed by atoms with Gasteiger partial charge in [-0.1, -0.05) is 87.0 Å². The Morgan fingerprint density at radius 1 is 0.933 bits per heavy atom. The second-order valence-corrected chi connectivity index (χ2v) is 8.95. The first-order valence-electron chi connectivity index (χ1n) is 9.77. The summed E-state index contributed by atoms with van der Waals surface area (Å²) < 4.78 is 0. The molecule has 3 aromatic rings. The number of ketones is 1. The van der Waals surface area contributed by atoms with Gasteiger partial charge in [-0.3, -0.25) is 4.79 Å². The third kappa shape index (κ3) is 5.68. The molecule has 0 aromatic heterocycles. The molecule has 154 valence electrons. The summed E-state index contributed by atoms with van der Waals surface area (Å²) in [5, 5.41) is 7.43. The summed E-state index contributed by atoms with van der Waals surface area (Å²) in [6, 6.07) is 22.8. The lowest BCUT2D eigenvalue weighted by Gasteiger charge is -2.19. The zero-order valence-electron chi connectivity index (χ0n) is 17.3. The number of hydrogen-bond donors (Lipinski definition) is 2. The first-order valence-corrected chi connectivity index (χ1v) is 10.6. The Balaban J connectivity index is 1.66. The van der Waals surface area contributed by atoms with Crippen molar-refractivity contribution in [1.82, 2.24) is 5.32 Å². The van der Waals surface area contributed by atoms with Gasteiger partial charge in [-0.2, -0.15) is 0 Å². The van der Waals surface area contributed by atoms with Crippen LogP contribution in [0, 0.1) is 0 Å². The summed E-state index contributed by atoms with van der Waals surface area (Å²) in [5.74, 6) is -0.0194. The van der Waals surface area contributed by atoms with Gasteiger partial charge >= 0.3 is 0 Å². The summed E-state index contributed by atoms with van der Waals surface area (Å²) in [7, 11) is 0. The van der Waals surface area contributed by atoms with Gasteiger partial charge in [-0.25, -0.2) is 0 Å². The van der Waals surface area contributed by atoms with Crippen LogP contribution >= 0.6 is 23.8 Å². The fourth-order valence-corrected chi connectivity index (χ4v) is 3.41. The maximum atomic E-state index is 12.9. The number of rotatable bonds is 5. The predicted molar refractivity (Wildman–Crippen MR) is 130 cm³/mol. The highest BCUT2D eigenvalue weighted by Gasteiger charge is 2.15. The predicted octanol–water partition coefficient (Wildman–Crippen LogP) is 6.36. The van der Waals surface area contributed by atoms with Crippen LogP contribution in [0.4, 0.5) is 5.69 Å². The molecule has 3 aromatic carbocycles. The van der Waals surface area contributed by atoms with Gasteiger partial charge in [-0.05, 0) is 47.0 Å². The van der Waals surface area contributed by atoms with E-state index in [0.29, 0.717) is 27.8 Å². The average molecular weight is 437 g/mol. The Bertz CT molecular complexity index is 1060. The summed E-state index contributed by atoms with van der Waals surface area (Å²) in [6.45, 7) is 6.98. The molecule has 0 saturated carbocycles. The topological polar surface area (TPSA) is 41.1 Å². The number of anilines is 1. The molecule has 2 N–H and O–H groups in total. The zero-order chi connectivity index (χ0) is 21.7. The number of halogens is 1. The SMILES string of the molecule is CC(C)(C)c1ccc(C(=O)c2cccc(NC(=S)NCc3ccccc3Cl)c2)cc1. The van der Waals surface area contributed by atoms with Crippen molar-refractivity contribution in [3.05, 3.63) is 100 Å². The van der Waals surface area contributed by atoms with Crippen molar-refractivity contribution in [1.29, 1.82) is 0 Å². The van der Waals surface area contributed by atoms with E-state index in [1.165, 1.54) is 5.56 Å². The first kappa shape index (κ1) is 22.0. The van der Waals surface area contributed by atoms with E-state index >= 15 is 0 Å². The van der Waals surface area contributed by atoms with Crippen molar-refractivity contribution < 1.29 is 4.79 Å². The van der Waals surface area contributed by atoms with Crippen LogP contribution in [0.2, 0.25) is 5.02 Å². The molecular formula is C25H25ClN2OS. The van der Waals surface area contributed by atoms with Gasteiger partial charge in [0.25, 0.3) is 0 Å². The summed E-state index contributed by atoms with van der Waals surface area (Å²) in [6.07, 6.45) is 0. The second kappa shape index (κ2) is 9.41. The maximum absolute atomic E-state index is 12.9. The van der Waals surface area contributed by atoms with Crippen molar-refractivity contribution in [3.8, 4) is 0 Å². The van der Waals surface area contributed by atoms with Gasteiger partial charge in [0.2, 0.25) is 0 Å². The number of hydrogen-bond acceptors (Lipinski definition) is 2. The highest BCUT2D eigenvalue weighted by molar-refractivity contribution is 7.80. The molecule has 5 heteroatoms. The van der Waals surface area contributed by atoms with Gasteiger partial charge in [-0.15, -0.1) is 0 Å². The number of carbonyl (C=O) groups excluding carboxylic acids is 1. The third-order valence-corrected chi connectivity index (χ3v) is 5.41. The molecule has 0 heterocycles. The minimum atomic E-state index is -0.0194. The summed E-state index contributed by atoms with van der Waals surface area (Å²) in [5.41, 5.74) is 4.24. The molecule has 0 aliphatic carbocycles. The number of carbonyl (C=O) groups is 1. The summed E-state index contributed by atoms with van der Waals surface area (Å²) >= 11 is 11.6. The van der Waals surface area contributed by atoms with Crippen LogP contribution in [-0.2, 0) is 12.0 Å². The summed E-state index contributed by atoms with van der Waals surface area (Å²) in [4.78, 5) is 12.9. The lowest BCUT2D eigenvalue weighted by Crippen LogP contribution is -2.28. The van der Waals surface area contributed by atoms with Crippen LogP contribution in [0.3, 0.4) is 0 Å². The van der Waals surface area contributed by atoms with E-state index in [9.17, 15) is 4.79 Å². The zero-order valence-corrected chi connectivity index (χ0v) is 18.9. The molecule has 0 aliphatic rings. The lowest BCUT2D eigenvalue weighted by molar-refractivity contribution is 0.103. The average Bonchev–Trinajstić information content (AvgIpc) is 2.72. The monoisotopic (exact) mass is 436 g/mol. The highest BCUT2D eigenvalue weighted by Crippen LogP contribution is 2.23.